The van der Waals surface area contributed by atoms with E-state index in [-0.39, 0.29) is 12.1 Å². The number of halogens is 3. The smallest absolute Gasteiger partial charge is 0.370 e. The van der Waals surface area contributed by atoms with E-state index in [4.69, 9.17) is 5.14 Å². The van der Waals surface area contributed by atoms with Crippen molar-refractivity contribution in [1.29, 1.82) is 0 Å². The van der Waals surface area contributed by atoms with Crippen molar-refractivity contribution < 1.29 is 21.6 Å². The summed E-state index contributed by atoms with van der Waals surface area (Å²) in [5.74, 6) is 0.684. The first-order valence-corrected chi connectivity index (χ1v) is 11.1. The molecule has 2 aromatic rings. The number of anilines is 1. The quantitative estimate of drug-likeness (QED) is 0.689. The van der Waals surface area contributed by atoms with Crippen LogP contribution in [0.2, 0.25) is 0 Å². The summed E-state index contributed by atoms with van der Waals surface area (Å²) >= 11 is 0. The monoisotopic (exact) mass is 430 g/mol. The third kappa shape index (κ3) is 5.58. The van der Waals surface area contributed by atoms with Crippen molar-refractivity contribution in [2.24, 2.45) is 17.0 Å². The van der Waals surface area contributed by atoms with Crippen molar-refractivity contribution >= 4 is 26.8 Å². The second-order valence-electron chi connectivity index (χ2n) is 7.72. The Kier molecular flexibility index (Phi) is 6.35. The van der Waals surface area contributed by atoms with Crippen molar-refractivity contribution in [1.82, 2.24) is 9.71 Å². The SMILES string of the molecule is C[C@H]1C[C@@H](CCCNS(N)(=O)=O)CN(c2ccc(C(F)(F)F)c3ncccc23)C1. The van der Waals surface area contributed by atoms with E-state index < -0.39 is 21.9 Å². The molecule has 0 unspecified atom stereocenters. The van der Waals surface area contributed by atoms with E-state index in [1.165, 1.54) is 12.3 Å². The van der Waals surface area contributed by atoms with Gasteiger partial charge in [0.1, 0.15) is 0 Å². The molecule has 10 heteroatoms. The molecule has 1 aliphatic heterocycles. The van der Waals surface area contributed by atoms with Crippen molar-refractivity contribution in [3.63, 3.8) is 0 Å². The van der Waals surface area contributed by atoms with Crippen LogP contribution in [0.1, 0.15) is 31.7 Å². The summed E-state index contributed by atoms with van der Waals surface area (Å²) in [5, 5.41) is 5.43. The predicted molar refractivity (Wildman–Crippen MR) is 107 cm³/mol. The number of piperidine rings is 1. The fraction of sp³-hybridized carbons (Fsp3) is 0.526. The summed E-state index contributed by atoms with van der Waals surface area (Å²) in [6, 6.07) is 5.96. The normalized spacial score (nSPS) is 20.9. The summed E-state index contributed by atoms with van der Waals surface area (Å²) < 4.78 is 64.3. The van der Waals surface area contributed by atoms with E-state index in [9.17, 15) is 21.6 Å². The molecule has 3 rings (SSSR count). The van der Waals surface area contributed by atoms with Crippen molar-refractivity contribution in [2.75, 3.05) is 24.5 Å². The number of benzene rings is 1. The number of fused-ring (bicyclic) bond motifs is 1. The summed E-state index contributed by atoms with van der Waals surface area (Å²) in [6.45, 7) is 3.85. The Morgan fingerprint density at radius 2 is 2.03 bits per heavy atom. The van der Waals surface area contributed by atoms with Gasteiger partial charge in [0.15, 0.2) is 0 Å². The number of alkyl halides is 3. The van der Waals surface area contributed by atoms with Crippen molar-refractivity contribution in [2.45, 2.75) is 32.4 Å². The molecule has 6 nitrogen and oxygen atoms in total. The Labute approximate surface area is 168 Å². The summed E-state index contributed by atoms with van der Waals surface area (Å²) in [7, 11) is -3.69. The molecule has 1 aromatic heterocycles. The maximum atomic E-state index is 13.4. The van der Waals surface area contributed by atoms with Gasteiger partial charge in [0.2, 0.25) is 0 Å². The number of nitrogens with one attached hydrogen (secondary N) is 1. The first kappa shape index (κ1) is 21.8. The Bertz CT molecular complexity index is 966. The number of nitrogens with zero attached hydrogens (tertiary/aromatic N) is 2. The van der Waals surface area contributed by atoms with E-state index in [1.807, 2.05) is 0 Å². The third-order valence-electron chi connectivity index (χ3n) is 5.23. The van der Waals surface area contributed by atoms with Crippen LogP contribution in [0.5, 0.6) is 0 Å². The highest BCUT2D eigenvalue weighted by Crippen LogP contribution is 2.39. The van der Waals surface area contributed by atoms with Gasteiger partial charge in [-0.2, -0.15) is 21.6 Å². The molecule has 3 N–H and O–H groups in total. The summed E-state index contributed by atoms with van der Waals surface area (Å²) in [5.41, 5.74) is -0.0162. The molecule has 160 valence electrons. The van der Waals surface area contributed by atoms with Crippen LogP contribution in [-0.4, -0.2) is 33.0 Å². The van der Waals surface area contributed by atoms with Crippen LogP contribution in [-0.2, 0) is 16.4 Å². The van der Waals surface area contributed by atoms with Crippen molar-refractivity contribution in [3.05, 3.63) is 36.0 Å². The number of aromatic nitrogens is 1. The standard InChI is InChI=1S/C19H25F3N4O2S/c1-13-10-14(4-2-9-25-29(23,27)28)12-26(11-13)17-7-6-16(19(20,21)22)18-15(17)5-3-8-24-18/h3,5-8,13-14,25H,2,4,9-12H2,1H3,(H2,23,27,28)/t13-,14+/m0/s1. The lowest BCUT2D eigenvalue weighted by Gasteiger charge is -2.38. The second-order valence-corrected chi connectivity index (χ2v) is 9.10. The number of pyridine rings is 1. The van der Waals surface area contributed by atoms with Gasteiger partial charge in [-0.3, -0.25) is 4.98 Å². The third-order valence-corrected chi connectivity index (χ3v) is 5.84. The molecule has 0 bridgehead atoms. The highest BCUT2D eigenvalue weighted by atomic mass is 32.2. The van der Waals surface area contributed by atoms with Crippen LogP contribution in [0.4, 0.5) is 18.9 Å². The number of rotatable bonds is 6. The maximum Gasteiger partial charge on any atom is 0.418 e. The fourth-order valence-electron chi connectivity index (χ4n) is 4.15. The van der Waals surface area contributed by atoms with Crippen LogP contribution in [0.15, 0.2) is 30.5 Å². The van der Waals surface area contributed by atoms with E-state index in [0.717, 1.165) is 31.1 Å². The summed E-state index contributed by atoms with van der Waals surface area (Å²) in [6.07, 6.45) is -0.638. The molecule has 0 spiro atoms. The minimum absolute atomic E-state index is 0.0374. The Morgan fingerprint density at radius 1 is 1.28 bits per heavy atom. The zero-order chi connectivity index (χ0) is 21.2. The Hall–Kier alpha value is -1.91. The van der Waals surface area contributed by atoms with Gasteiger partial charge in [-0.1, -0.05) is 6.92 Å². The number of nitrogens with two attached hydrogens (primary N) is 1. The highest BCUT2D eigenvalue weighted by Gasteiger charge is 2.34. The lowest BCUT2D eigenvalue weighted by atomic mass is 9.86. The van der Waals surface area contributed by atoms with Gasteiger partial charge in [-0.15, -0.1) is 0 Å². The van der Waals surface area contributed by atoms with Gasteiger partial charge in [0.25, 0.3) is 10.2 Å². The van der Waals surface area contributed by atoms with Gasteiger partial charge in [-0.25, -0.2) is 9.86 Å². The minimum Gasteiger partial charge on any atom is -0.370 e. The predicted octanol–water partition coefficient (Wildman–Crippen LogP) is 3.29. The molecular weight excluding hydrogens is 405 g/mol. The minimum atomic E-state index is -4.46. The number of hydrogen-bond donors (Lipinski definition) is 2. The lowest BCUT2D eigenvalue weighted by molar-refractivity contribution is -0.136. The first-order chi connectivity index (χ1) is 13.5. The molecule has 0 amide bonds. The highest BCUT2D eigenvalue weighted by molar-refractivity contribution is 7.87. The van der Waals surface area contributed by atoms with E-state index in [2.05, 4.69) is 21.5 Å². The fourth-order valence-corrected chi connectivity index (χ4v) is 4.58. The molecule has 1 aromatic carbocycles. The Morgan fingerprint density at radius 3 is 2.72 bits per heavy atom. The topological polar surface area (TPSA) is 88.3 Å². The molecule has 0 saturated carbocycles. The van der Waals surface area contributed by atoms with Gasteiger partial charge < -0.3 is 4.90 Å². The van der Waals surface area contributed by atoms with Crippen LogP contribution in [0.3, 0.4) is 0 Å². The van der Waals surface area contributed by atoms with Gasteiger partial charge in [-0.05, 0) is 55.4 Å². The van der Waals surface area contributed by atoms with E-state index in [0.29, 0.717) is 30.2 Å². The van der Waals surface area contributed by atoms with E-state index in [1.54, 1.807) is 12.1 Å². The van der Waals surface area contributed by atoms with E-state index >= 15 is 0 Å². The van der Waals surface area contributed by atoms with Crippen LogP contribution >= 0.6 is 0 Å². The summed E-state index contributed by atoms with van der Waals surface area (Å²) in [4.78, 5) is 6.12. The largest absolute Gasteiger partial charge is 0.418 e. The van der Waals surface area contributed by atoms with Crippen LogP contribution < -0.4 is 14.8 Å². The second kappa shape index (κ2) is 8.45. The average molecular weight is 430 g/mol. The average Bonchev–Trinajstić information content (AvgIpc) is 2.62. The number of hydrogen-bond acceptors (Lipinski definition) is 4. The Balaban J connectivity index is 1.80. The zero-order valence-corrected chi connectivity index (χ0v) is 16.9. The van der Waals surface area contributed by atoms with Gasteiger partial charge in [0.05, 0.1) is 11.1 Å². The van der Waals surface area contributed by atoms with Crippen LogP contribution in [0, 0.1) is 11.8 Å². The molecule has 1 fully saturated rings. The lowest BCUT2D eigenvalue weighted by Crippen LogP contribution is -2.40. The zero-order valence-electron chi connectivity index (χ0n) is 16.1. The molecule has 2 heterocycles. The van der Waals surface area contributed by atoms with Gasteiger partial charge >= 0.3 is 6.18 Å². The molecule has 2 atom stereocenters. The molecular formula is C19H25F3N4O2S. The molecule has 0 radical (unpaired) electrons. The molecule has 0 aliphatic carbocycles. The molecule has 1 aliphatic rings. The van der Waals surface area contributed by atoms with Crippen molar-refractivity contribution in [3.8, 4) is 0 Å². The maximum absolute atomic E-state index is 13.4. The van der Waals surface area contributed by atoms with Crippen LogP contribution in [0.25, 0.3) is 10.9 Å². The van der Waals surface area contributed by atoms with Gasteiger partial charge in [0, 0.05) is 36.9 Å². The molecule has 29 heavy (non-hydrogen) atoms. The molecule has 1 saturated heterocycles. The first-order valence-electron chi connectivity index (χ1n) is 9.52.